The van der Waals surface area contributed by atoms with Gasteiger partial charge in [0.05, 0.1) is 7.11 Å². The number of nitrogens with zero attached hydrogens (tertiary/aromatic N) is 1. The minimum atomic E-state index is -0.620. The number of nitrogens with one attached hydrogen (secondary N) is 1. The van der Waals surface area contributed by atoms with Gasteiger partial charge in [-0.25, -0.2) is 0 Å². The first-order valence-corrected chi connectivity index (χ1v) is 10.8. The maximum Gasteiger partial charge on any atom is 0.261 e. The first kappa shape index (κ1) is 24.3. The van der Waals surface area contributed by atoms with E-state index in [1.807, 2.05) is 55.5 Å². The third-order valence-corrected chi connectivity index (χ3v) is 5.12. The van der Waals surface area contributed by atoms with Crippen LogP contribution in [0.25, 0.3) is 0 Å². The van der Waals surface area contributed by atoms with Crippen molar-refractivity contribution in [2.75, 3.05) is 20.3 Å². The predicted octanol–water partition coefficient (Wildman–Crippen LogP) is 4.14. The fourth-order valence-corrected chi connectivity index (χ4v) is 3.22. The lowest BCUT2D eigenvalue weighted by atomic mass is 10.0. The molecule has 6 heteroatoms. The smallest absolute Gasteiger partial charge is 0.261 e. The normalized spacial score (nSPS) is 11.7. The molecule has 2 aromatic rings. The molecule has 0 aliphatic heterocycles. The van der Waals surface area contributed by atoms with Crippen molar-refractivity contribution in [3.63, 3.8) is 0 Å². The number of carbonyl (C=O) groups is 2. The second kappa shape index (κ2) is 12.0. The van der Waals surface area contributed by atoms with Crippen molar-refractivity contribution in [2.45, 2.75) is 52.6 Å². The molecular formula is C25H34N2O4. The molecule has 168 valence electrons. The maximum absolute atomic E-state index is 13.1. The molecule has 0 heterocycles. The fourth-order valence-electron chi connectivity index (χ4n) is 3.22. The highest BCUT2D eigenvalue weighted by Gasteiger charge is 2.26. The first-order chi connectivity index (χ1) is 14.9. The van der Waals surface area contributed by atoms with Crippen molar-refractivity contribution < 1.29 is 19.1 Å². The van der Waals surface area contributed by atoms with Gasteiger partial charge in [-0.1, -0.05) is 51.1 Å². The van der Waals surface area contributed by atoms with Gasteiger partial charge in [0.25, 0.3) is 5.91 Å². The number of benzene rings is 2. The molecule has 0 spiro atoms. The molecule has 0 aromatic heterocycles. The van der Waals surface area contributed by atoms with E-state index < -0.39 is 6.04 Å². The molecule has 0 bridgehead atoms. The van der Waals surface area contributed by atoms with E-state index in [0.717, 1.165) is 23.3 Å². The van der Waals surface area contributed by atoms with Gasteiger partial charge in [-0.15, -0.1) is 0 Å². The lowest BCUT2D eigenvalue weighted by Gasteiger charge is -2.29. The number of methoxy groups -OCH3 is 1. The van der Waals surface area contributed by atoms with Crippen molar-refractivity contribution in [3.05, 3.63) is 59.7 Å². The maximum atomic E-state index is 13.1. The van der Waals surface area contributed by atoms with E-state index in [1.54, 1.807) is 18.9 Å². The van der Waals surface area contributed by atoms with Crippen LogP contribution in [0, 0.1) is 0 Å². The van der Waals surface area contributed by atoms with Crippen LogP contribution in [0.1, 0.15) is 51.2 Å². The Balaban J connectivity index is 2.17. The Morgan fingerprint density at radius 2 is 1.71 bits per heavy atom. The molecule has 1 atom stereocenters. The summed E-state index contributed by atoms with van der Waals surface area (Å²) in [6, 6.07) is 14.6. The van der Waals surface area contributed by atoms with Gasteiger partial charge in [0.15, 0.2) is 6.61 Å². The predicted molar refractivity (Wildman–Crippen MR) is 122 cm³/mol. The van der Waals surface area contributed by atoms with Crippen molar-refractivity contribution in [3.8, 4) is 11.5 Å². The van der Waals surface area contributed by atoms with Crippen LogP contribution in [0.4, 0.5) is 0 Å². The molecule has 0 aliphatic carbocycles. The Morgan fingerprint density at radius 3 is 2.32 bits per heavy atom. The van der Waals surface area contributed by atoms with Gasteiger partial charge in [0.2, 0.25) is 5.91 Å². The van der Waals surface area contributed by atoms with Crippen LogP contribution in [0.2, 0.25) is 0 Å². The van der Waals surface area contributed by atoms with E-state index in [2.05, 4.69) is 19.2 Å². The number of rotatable bonds is 11. The number of hydrogen-bond donors (Lipinski definition) is 1. The molecule has 1 N–H and O–H groups in total. The quantitative estimate of drug-likeness (QED) is 0.586. The van der Waals surface area contributed by atoms with Crippen LogP contribution in [0.5, 0.6) is 11.5 Å². The van der Waals surface area contributed by atoms with Gasteiger partial charge in [0.1, 0.15) is 17.5 Å². The summed E-state index contributed by atoms with van der Waals surface area (Å²) in [7, 11) is 1.61. The standard InChI is InChI=1S/C25H34N2O4/c1-6-15-26-25(29)19(4)27(16-20-11-13-21(30-5)14-12-20)24(28)17-31-23-10-8-7-9-22(23)18(2)3/h7-14,18-19H,6,15-17H2,1-5H3,(H,26,29)/t19-/m0/s1. The molecular weight excluding hydrogens is 392 g/mol. The topological polar surface area (TPSA) is 67.9 Å². The highest BCUT2D eigenvalue weighted by Crippen LogP contribution is 2.26. The molecule has 2 aromatic carbocycles. The largest absolute Gasteiger partial charge is 0.497 e. The van der Waals surface area contributed by atoms with Crippen LogP contribution in [-0.4, -0.2) is 43.0 Å². The van der Waals surface area contributed by atoms with E-state index in [0.29, 0.717) is 18.8 Å². The summed E-state index contributed by atoms with van der Waals surface area (Å²) in [6.45, 7) is 8.65. The monoisotopic (exact) mass is 426 g/mol. The summed E-state index contributed by atoms with van der Waals surface area (Å²) in [5.74, 6) is 1.29. The molecule has 0 aliphatic rings. The van der Waals surface area contributed by atoms with Crippen molar-refractivity contribution in [1.82, 2.24) is 10.2 Å². The van der Waals surface area contributed by atoms with Crippen LogP contribution in [0.15, 0.2) is 48.5 Å². The average molecular weight is 427 g/mol. The third-order valence-electron chi connectivity index (χ3n) is 5.12. The fraction of sp³-hybridized carbons (Fsp3) is 0.440. The second-order valence-electron chi connectivity index (χ2n) is 7.82. The number of para-hydroxylation sites is 1. The average Bonchev–Trinajstić information content (AvgIpc) is 2.79. The zero-order valence-corrected chi connectivity index (χ0v) is 19.2. The zero-order chi connectivity index (χ0) is 22.8. The third kappa shape index (κ3) is 7.02. The molecule has 0 saturated heterocycles. The van der Waals surface area contributed by atoms with E-state index in [1.165, 1.54) is 0 Å². The number of amides is 2. The summed E-state index contributed by atoms with van der Waals surface area (Å²) < 4.78 is 11.1. The molecule has 0 unspecified atom stereocenters. The van der Waals surface area contributed by atoms with E-state index in [4.69, 9.17) is 9.47 Å². The lowest BCUT2D eigenvalue weighted by molar-refractivity contribution is -0.142. The summed E-state index contributed by atoms with van der Waals surface area (Å²) in [5, 5.41) is 2.88. The van der Waals surface area contributed by atoms with Gasteiger partial charge >= 0.3 is 0 Å². The summed E-state index contributed by atoms with van der Waals surface area (Å²) >= 11 is 0. The van der Waals surface area contributed by atoms with Gasteiger partial charge in [-0.05, 0) is 48.6 Å². The Hall–Kier alpha value is -3.02. The highest BCUT2D eigenvalue weighted by molar-refractivity contribution is 5.88. The van der Waals surface area contributed by atoms with E-state index >= 15 is 0 Å². The minimum absolute atomic E-state index is 0.134. The minimum Gasteiger partial charge on any atom is -0.497 e. The summed E-state index contributed by atoms with van der Waals surface area (Å²) in [4.78, 5) is 27.3. The molecule has 31 heavy (non-hydrogen) atoms. The van der Waals surface area contributed by atoms with Gasteiger partial charge < -0.3 is 19.7 Å². The van der Waals surface area contributed by atoms with Crippen LogP contribution in [-0.2, 0) is 16.1 Å². The Kier molecular flexibility index (Phi) is 9.38. The zero-order valence-electron chi connectivity index (χ0n) is 19.2. The van der Waals surface area contributed by atoms with E-state index in [-0.39, 0.29) is 24.3 Å². The van der Waals surface area contributed by atoms with Crippen molar-refractivity contribution in [1.29, 1.82) is 0 Å². The molecule has 0 fully saturated rings. The highest BCUT2D eigenvalue weighted by atomic mass is 16.5. The number of hydrogen-bond acceptors (Lipinski definition) is 4. The van der Waals surface area contributed by atoms with Gasteiger partial charge in [-0.3, -0.25) is 9.59 Å². The second-order valence-corrected chi connectivity index (χ2v) is 7.82. The Labute approximate surface area is 185 Å². The summed E-state index contributed by atoms with van der Waals surface area (Å²) in [6.07, 6.45) is 0.833. The number of carbonyl (C=O) groups excluding carboxylic acids is 2. The summed E-state index contributed by atoms with van der Waals surface area (Å²) in [5.41, 5.74) is 1.96. The van der Waals surface area contributed by atoms with Crippen molar-refractivity contribution >= 4 is 11.8 Å². The molecule has 6 nitrogen and oxygen atoms in total. The SMILES string of the molecule is CCCNC(=O)[C@H](C)N(Cc1ccc(OC)cc1)C(=O)COc1ccccc1C(C)C. The van der Waals surface area contributed by atoms with Crippen molar-refractivity contribution in [2.24, 2.45) is 0 Å². The number of ether oxygens (including phenoxy) is 2. The molecule has 0 radical (unpaired) electrons. The first-order valence-electron chi connectivity index (χ1n) is 10.8. The van der Waals surface area contributed by atoms with Crippen LogP contribution >= 0.6 is 0 Å². The molecule has 2 amide bonds. The van der Waals surface area contributed by atoms with Gasteiger partial charge in [0, 0.05) is 13.1 Å². The van der Waals surface area contributed by atoms with Gasteiger partial charge in [-0.2, -0.15) is 0 Å². The Morgan fingerprint density at radius 1 is 1.03 bits per heavy atom. The Bertz CT molecular complexity index is 849. The molecule has 0 saturated carbocycles. The van der Waals surface area contributed by atoms with E-state index in [9.17, 15) is 9.59 Å². The van der Waals surface area contributed by atoms with Crippen LogP contribution < -0.4 is 14.8 Å². The van der Waals surface area contributed by atoms with Crippen LogP contribution in [0.3, 0.4) is 0 Å². The lowest BCUT2D eigenvalue weighted by Crippen LogP contribution is -2.49. The molecule has 2 rings (SSSR count).